The zero-order chi connectivity index (χ0) is 10.6. The molecule has 0 bridgehead atoms. The molecule has 1 rings (SSSR count). The molecule has 1 aromatic rings. The van der Waals surface area contributed by atoms with Crippen LogP contribution in [0, 0.1) is 11.3 Å². The van der Waals surface area contributed by atoms with Crippen molar-refractivity contribution >= 4 is 0 Å². The molecule has 0 amide bonds. The summed E-state index contributed by atoms with van der Waals surface area (Å²) < 4.78 is 0. The minimum absolute atomic E-state index is 0.171. The van der Waals surface area contributed by atoms with E-state index in [2.05, 4.69) is 32.9 Å². The molecule has 1 nitrogen and oxygen atoms in total. The van der Waals surface area contributed by atoms with Crippen molar-refractivity contribution in [2.24, 2.45) is 11.3 Å². The van der Waals surface area contributed by atoms with E-state index in [1.165, 1.54) is 5.56 Å². The van der Waals surface area contributed by atoms with Crippen LogP contribution in [0.25, 0.3) is 0 Å². The van der Waals surface area contributed by atoms with Gasteiger partial charge >= 0.3 is 0 Å². The van der Waals surface area contributed by atoms with Gasteiger partial charge in [-0.1, -0.05) is 51.1 Å². The molecule has 0 unspecified atom stereocenters. The molecular weight excluding hydrogens is 172 g/mol. The predicted molar refractivity (Wildman–Crippen MR) is 60.2 cm³/mol. The van der Waals surface area contributed by atoms with Crippen molar-refractivity contribution in [3.05, 3.63) is 35.9 Å². The molecular formula is C13H20O. The number of hydrogen-bond acceptors (Lipinski definition) is 1. The smallest absolute Gasteiger partial charge is 0.0467 e. The van der Waals surface area contributed by atoms with Crippen molar-refractivity contribution in [2.75, 3.05) is 6.61 Å². The molecule has 1 N–H and O–H groups in total. The van der Waals surface area contributed by atoms with E-state index in [9.17, 15) is 5.11 Å². The van der Waals surface area contributed by atoms with Crippen molar-refractivity contribution in [3.63, 3.8) is 0 Å². The van der Waals surface area contributed by atoms with Gasteiger partial charge in [0.05, 0.1) is 0 Å². The molecule has 0 saturated heterocycles. The Hall–Kier alpha value is -0.820. The average molecular weight is 192 g/mol. The maximum absolute atomic E-state index is 9.32. The zero-order valence-electron chi connectivity index (χ0n) is 9.33. The molecule has 1 heteroatoms. The van der Waals surface area contributed by atoms with E-state index < -0.39 is 0 Å². The van der Waals surface area contributed by atoms with Gasteiger partial charge in [0.25, 0.3) is 0 Å². The standard InChI is InChI=1S/C13H20O/c1-13(2,3)12(10-14)9-11-7-5-4-6-8-11/h4-8,12,14H,9-10H2,1-3H3/t12-/m1/s1. The largest absolute Gasteiger partial charge is 0.396 e. The van der Waals surface area contributed by atoms with E-state index in [1.54, 1.807) is 0 Å². The first-order chi connectivity index (χ1) is 6.54. The van der Waals surface area contributed by atoms with Gasteiger partial charge in [0.15, 0.2) is 0 Å². The van der Waals surface area contributed by atoms with Gasteiger partial charge in [0, 0.05) is 6.61 Å². The highest BCUT2D eigenvalue weighted by Crippen LogP contribution is 2.28. The summed E-state index contributed by atoms with van der Waals surface area (Å²) >= 11 is 0. The summed E-state index contributed by atoms with van der Waals surface area (Å²) in [7, 11) is 0. The number of hydrogen-bond donors (Lipinski definition) is 1. The van der Waals surface area contributed by atoms with Crippen molar-refractivity contribution in [1.82, 2.24) is 0 Å². The molecule has 0 spiro atoms. The Bertz CT molecular complexity index is 258. The van der Waals surface area contributed by atoms with Crippen LogP contribution in [0.4, 0.5) is 0 Å². The summed E-state index contributed by atoms with van der Waals surface area (Å²) in [6.07, 6.45) is 0.959. The summed E-state index contributed by atoms with van der Waals surface area (Å²) in [6.45, 7) is 6.79. The Morgan fingerprint density at radius 1 is 1.14 bits per heavy atom. The van der Waals surface area contributed by atoms with Crippen LogP contribution in [-0.4, -0.2) is 11.7 Å². The minimum atomic E-state index is 0.171. The van der Waals surface area contributed by atoms with Gasteiger partial charge in [-0.25, -0.2) is 0 Å². The second-order valence-corrected chi connectivity index (χ2v) is 4.94. The first-order valence-corrected chi connectivity index (χ1v) is 5.19. The number of aliphatic hydroxyl groups excluding tert-OH is 1. The Kier molecular flexibility index (Phi) is 3.70. The highest BCUT2D eigenvalue weighted by Gasteiger charge is 2.23. The highest BCUT2D eigenvalue weighted by atomic mass is 16.3. The lowest BCUT2D eigenvalue weighted by atomic mass is 9.78. The Balaban J connectivity index is 2.67. The van der Waals surface area contributed by atoms with Crippen molar-refractivity contribution in [3.8, 4) is 0 Å². The van der Waals surface area contributed by atoms with E-state index in [0.29, 0.717) is 5.92 Å². The number of aliphatic hydroxyl groups is 1. The summed E-state index contributed by atoms with van der Waals surface area (Å²) in [4.78, 5) is 0. The minimum Gasteiger partial charge on any atom is -0.396 e. The van der Waals surface area contributed by atoms with Gasteiger partial charge in [0.2, 0.25) is 0 Å². The van der Waals surface area contributed by atoms with Gasteiger partial charge in [0.1, 0.15) is 0 Å². The van der Waals surface area contributed by atoms with Crippen LogP contribution < -0.4 is 0 Å². The average Bonchev–Trinajstić information content (AvgIpc) is 2.14. The maximum atomic E-state index is 9.32. The normalized spacial score (nSPS) is 14.0. The molecule has 0 aromatic heterocycles. The van der Waals surface area contributed by atoms with Crippen LogP contribution in [0.1, 0.15) is 26.3 Å². The Morgan fingerprint density at radius 2 is 1.71 bits per heavy atom. The zero-order valence-corrected chi connectivity index (χ0v) is 9.33. The number of rotatable bonds is 3. The van der Waals surface area contributed by atoms with Crippen LogP contribution in [0.2, 0.25) is 0 Å². The summed E-state index contributed by atoms with van der Waals surface area (Å²) in [5.41, 5.74) is 1.48. The SMILES string of the molecule is CC(C)(C)[C@@H](CO)Cc1ccccc1. The molecule has 1 aromatic carbocycles. The summed E-state index contributed by atoms with van der Waals surface area (Å²) in [5.74, 6) is 0.338. The molecule has 0 aliphatic carbocycles. The molecule has 0 aliphatic heterocycles. The highest BCUT2D eigenvalue weighted by molar-refractivity contribution is 5.15. The summed E-state index contributed by atoms with van der Waals surface area (Å²) in [5, 5.41) is 9.32. The lowest BCUT2D eigenvalue weighted by Gasteiger charge is -2.29. The van der Waals surface area contributed by atoms with Crippen LogP contribution >= 0.6 is 0 Å². The first-order valence-electron chi connectivity index (χ1n) is 5.19. The van der Waals surface area contributed by atoms with Crippen LogP contribution in [0.15, 0.2) is 30.3 Å². The van der Waals surface area contributed by atoms with Crippen molar-refractivity contribution < 1.29 is 5.11 Å². The molecule has 14 heavy (non-hydrogen) atoms. The van der Waals surface area contributed by atoms with E-state index in [0.717, 1.165) is 6.42 Å². The molecule has 0 heterocycles. The lowest BCUT2D eigenvalue weighted by molar-refractivity contribution is 0.131. The van der Waals surface area contributed by atoms with Gasteiger partial charge in [-0.05, 0) is 23.3 Å². The van der Waals surface area contributed by atoms with Gasteiger partial charge in [-0.15, -0.1) is 0 Å². The molecule has 1 atom stereocenters. The lowest BCUT2D eigenvalue weighted by Crippen LogP contribution is -2.25. The van der Waals surface area contributed by atoms with Gasteiger partial charge in [-0.2, -0.15) is 0 Å². The molecule has 0 fully saturated rings. The maximum Gasteiger partial charge on any atom is 0.0467 e. The van der Waals surface area contributed by atoms with E-state index >= 15 is 0 Å². The second kappa shape index (κ2) is 4.61. The summed E-state index contributed by atoms with van der Waals surface area (Å²) in [6, 6.07) is 10.4. The van der Waals surface area contributed by atoms with Crippen LogP contribution in [0.3, 0.4) is 0 Å². The number of benzene rings is 1. The molecule has 0 aliphatic rings. The first kappa shape index (κ1) is 11.3. The van der Waals surface area contributed by atoms with Crippen LogP contribution in [0.5, 0.6) is 0 Å². The topological polar surface area (TPSA) is 20.2 Å². The third-order valence-corrected chi connectivity index (χ3v) is 2.77. The fourth-order valence-electron chi connectivity index (χ4n) is 1.54. The Morgan fingerprint density at radius 3 is 2.14 bits per heavy atom. The Labute approximate surface area is 86.8 Å². The third kappa shape index (κ3) is 3.15. The van der Waals surface area contributed by atoms with Crippen molar-refractivity contribution in [2.45, 2.75) is 27.2 Å². The van der Waals surface area contributed by atoms with Gasteiger partial charge < -0.3 is 5.11 Å². The molecule has 0 saturated carbocycles. The fourth-order valence-corrected chi connectivity index (χ4v) is 1.54. The van der Waals surface area contributed by atoms with Gasteiger partial charge in [-0.3, -0.25) is 0 Å². The molecule has 78 valence electrons. The van der Waals surface area contributed by atoms with Crippen LogP contribution in [-0.2, 0) is 6.42 Å². The van der Waals surface area contributed by atoms with Crippen molar-refractivity contribution in [1.29, 1.82) is 0 Å². The van der Waals surface area contributed by atoms with E-state index in [4.69, 9.17) is 0 Å². The fraction of sp³-hybridized carbons (Fsp3) is 0.538. The van der Waals surface area contributed by atoms with E-state index in [-0.39, 0.29) is 12.0 Å². The predicted octanol–water partition coefficient (Wildman–Crippen LogP) is 2.88. The second-order valence-electron chi connectivity index (χ2n) is 4.94. The monoisotopic (exact) mass is 192 g/mol. The van der Waals surface area contributed by atoms with E-state index in [1.807, 2.05) is 18.2 Å². The quantitative estimate of drug-likeness (QED) is 0.780. The molecule has 0 radical (unpaired) electrons. The third-order valence-electron chi connectivity index (χ3n) is 2.77.